The summed E-state index contributed by atoms with van der Waals surface area (Å²) in [5.74, 6) is 0.0868. The van der Waals surface area contributed by atoms with Gasteiger partial charge in [0.15, 0.2) is 6.61 Å². The van der Waals surface area contributed by atoms with Crippen molar-refractivity contribution in [2.75, 3.05) is 13.2 Å². The number of carbonyl (C=O) groups is 2. The van der Waals surface area contributed by atoms with Gasteiger partial charge >= 0.3 is 0 Å². The smallest absolute Gasteiger partial charge is 0.276 e. The minimum Gasteiger partial charge on any atom is -0.493 e. The lowest BCUT2D eigenvalue weighted by molar-refractivity contribution is -0.123. The summed E-state index contributed by atoms with van der Waals surface area (Å²) in [5.41, 5.74) is 6.06. The van der Waals surface area contributed by atoms with Gasteiger partial charge in [-0.05, 0) is 55.3 Å². The lowest BCUT2D eigenvalue weighted by Gasteiger charge is -2.13. The van der Waals surface area contributed by atoms with Crippen LogP contribution in [0.1, 0.15) is 35.7 Å². The Kier molecular flexibility index (Phi) is 8.79. The predicted octanol–water partition coefficient (Wildman–Crippen LogP) is 4.54. The highest BCUT2D eigenvalue weighted by Crippen LogP contribution is 2.24. The summed E-state index contributed by atoms with van der Waals surface area (Å²) in [4.78, 5) is 24.4. The first-order valence-corrected chi connectivity index (χ1v) is 10.4. The van der Waals surface area contributed by atoms with Crippen LogP contribution in [0.5, 0.6) is 11.5 Å². The Hall–Kier alpha value is -2.06. The van der Waals surface area contributed by atoms with Crippen LogP contribution in [0.4, 0.5) is 0 Å². The van der Waals surface area contributed by atoms with Crippen LogP contribution in [-0.4, -0.2) is 25.0 Å². The van der Waals surface area contributed by atoms with Gasteiger partial charge in [0.25, 0.3) is 11.8 Å². The van der Waals surface area contributed by atoms with E-state index in [1.807, 2.05) is 19.1 Å². The minimum absolute atomic E-state index is 0.223. The number of nitrogens with one attached hydrogen (secondary N) is 2. The van der Waals surface area contributed by atoms with E-state index < -0.39 is 11.8 Å². The molecule has 0 radical (unpaired) electrons. The van der Waals surface area contributed by atoms with E-state index in [1.165, 1.54) is 0 Å². The zero-order chi connectivity index (χ0) is 20.5. The van der Waals surface area contributed by atoms with Gasteiger partial charge in [-0.25, -0.2) is 0 Å². The van der Waals surface area contributed by atoms with Crippen LogP contribution in [0.3, 0.4) is 0 Å². The molecule has 2 amide bonds. The zero-order valence-corrected chi connectivity index (χ0v) is 18.9. The summed E-state index contributed by atoms with van der Waals surface area (Å²) in [5, 5.41) is 0. The van der Waals surface area contributed by atoms with E-state index in [-0.39, 0.29) is 6.61 Å². The third-order valence-corrected chi connectivity index (χ3v) is 5.14. The highest BCUT2D eigenvalue weighted by Gasteiger charge is 2.14. The maximum absolute atomic E-state index is 12.4. The lowest BCUT2D eigenvalue weighted by atomic mass is 10.2. The first-order chi connectivity index (χ1) is 13.4. The predicted molar refractivity (Wildman–Crippen MR) is 115 cm³/mol. The van der Waals surface area contributed by atoms with Crippen LogP contribution in [0.15, 0.2) is 45.3 Å². The summed E-state index contributed by atoms with van der Waals surface area (Å²) >= 11 is 6.75. The van der Waals surface area contributed by atoms with Gasteiger partial charge in [0.2, 0.25) is 0 Å². The third kappa shape index (κ3) is 6.83. The van der Waals surface area contributed by atoms with Crippen molar-refractivity contribution in [3.63, 3.8) is 0 Å². The molecular formula is C20H22Br2N2O4. The molecule has 28 heavy (non-hydrogen) atoms. The normalized spacial score (nSPS) is 10.3. The van der Waals surface area contributed by atoms with Gasteiger partial charge in [-0.15, -0.1) is 0 Å². The highest BCUT2D eigenvalue weighted by molar-refractivity contribution is 9.10. The van der Waals surface area contributed by atoms with Crippen molar-refractivity contribution in [1.29, 1.82) is 0 Å². The number of amides is 2. The van der Waals surface area contributed by atoms with E-state index in [0.717, 1.165) is 27.4 Å². The van der Waals surface area contributed by atoms with Crippen LogP contribution >= 0.6 is 31.9 Å². The van der Waals surface area contributed by atoms with Crippen LogP contribution in [0, 0.1) is 6.92 Å². The summed E-state index contributed by atoms with van der Waals surface area (Å²) in [6.07, 6.45) is 1.88. The monoisotopic (exact) mass is 512 g/mol. The molecule has 0 bridgehead atoms. The molecule has 0 heterocycles. The molecule has 0 aliphatic heterocycles. The molecule has 0 atom stereocenters. The first-order valence-electron chi connectivity index (χ1n) is 8.81. The summed E-state index contributed by atoms with van der Waals surface area (Å²) in [6.45, 7) is 4.28. The summed E-state index contributed by atoms with van der Waals surface area (Å²) in [6, 6.07) is 10.6. The number of rotatable bonds is 8. The Balaban J connectivity index is 1.89. The van der Waals surface area contributed by atoms with E-state index in [0.29, 0.717) is 23.7 Å². The molecule has 0 aliphatic carbocycles. The molecule has 2 rings (SSSR count). The first kappa shape index (κ1) is 22.2. The van der Waals surface area contributed by atoms with E-state index in [2.05, 4.69) is 49.6 Å². The summed E-state index contributed by atoms with van der Waals surface area (Å²) < 4.78 is 12.8. The quantitative estimate of drug-likeness (QED) is 0.401. The number of unbranched alkanes of at least 4 members (excludes halogenated alkanes) is 1. The molecule has 0 aliphatic rings. The SMILES string of the molecule is CCCCOc1ccc(Br)cc1C(=O)NNC(=O)COc1ccc(Br)c(C)c1. The molecule has 8 heteroatoms. The maximum Gasteiger partial charge on any atom is 0.276 e. The molecule has 0 fully saturated rings. The Morgan fingerprint density at radius 3 is 2.54 bits per heavy atom. The van der Waals surface area contributed by atoms with Crippen molar-refractivity contribution in [1.82, 2.24) is 10.9 Å². The standard InChI is InChI=1S/C20H22Br2N2O4/c1-3-4-9-27-18-8-5-14(21)11-16(18)20(26)24-23-19(25)12-28-15-6-7-17(22)13(2)10-15/h5-8,10-11H,3-4,9,12H2,1-2H3,(H,23,25)(H,24,26). The summed E-state index contributed by atoms with van der Waals surface area (Å²) in [7, 11) is 0. The van der Waals surface area contributed by atoms with E-state index in [9.17, 15) is 9.59 Å². The molecule has 0 unspecified atom stereocenters. The van der Waals surface area contributed by atoms with Gasteiger partial charge in [-0.2, -0.15) is 0 Å². The van der Waals surface area contributed by atoms with Crippen molar-refractivity contribution in [2.45, 2.75) is 26.7 Å². The molecule has 150 valence electrons. The number of aryl methyl sites for hydroxylation is 1. The average molecular weight is 514 g/mol. The Morgan fingerprint density at radius 1 is 1.04 bits per heavy atom. The number of hydrogen-bond donors (Lipinski definition) is 2. The van der Waals surface area contributed by atoms with Crippen LogP contribution < -0.4 is 20.3 Å². The fraction of sp³-hybridized carbons (Fsp3) is 0.300. The van der Waals surface area contributed by atoms with Gasteiger partial charge < -0.3 is 9.47 Å². The molecular weight excluding hydrogens is 492 g/mol. The molecule has 0 saturated heterocycles. The second-order valence-corrected chi connectivity index (χ2v) is 7.81. The van der Waals surface area contributed by atoms with E-state index in [4.69, 9.17) is 9.47 Å². The van der Waals surface area contributed by atoms with Crippen molar-refractivity contribution in [3.8, 4) is 11.5 Å². The zero-order valence-electron chi connectivity index (χ0n) is 15.7. The lowest BCUT2D eigenvalue weighted by Crippen LogP contribution is -2.44. The third-order valence-electron chi connectivity index (χ3n) is 3.76. The topological polar surface area (TPSA) is 76.7 Å². The van der Waals surface area contributed by atoms with Gasteiger partial charge in [-0.3, -0.25) is 20.4 Å². The number of benzene rings is 2. The number of hydrazine groups is 1. The van der Waals surface area contributed by atoms with E-state index >= 15 is 0 Å². The molecule has 6 nitrogen and oxygen atoms in total. The Morgan fingerprint density at radius 2 is 1.82 bits per heavy atom. The minimum atomic E-state index is -0.475. The second-order valence-electron chi connectivity index (χ2n) is 6.04. The van der Waals surface area contributed by atoms with Crippen LogP contribution in [-0.2, 0) is 4.79 Å². The van der Waals surface area contributed by atoms with Crippen LogP contribution in [0.2, 0.25) is 0 Å². The average Bonchev–Trinajstić information content (AvgIpc) is 2.68. The fourth-order valence-corrected chi connectivity index (χ4v) is 2.83. The van der Waals surface area contributed by atoms with Crippen molar-refractivity contribution in [3.05, 3.63) is 56.5 Å². The van der Waals surface area contributed by atoms with Gasteiger partial charge in [0.05, 0.1) is 12.2 Å². The van der Waals surface area contributed by atoms with Gasteiger partial charge in [0, 0.05) is 8.95 Å². The van der Waals surface area contributed by atoms with Crippen molar-refractivity contribution < 1.29 is 19.1 Å². The van der Waals surface area contributed by atoms with Gasteiger partial charge in [0.1, 0.15) is 11.5 Å². The number of hydrogen-bond acceptors (Lipinski definition) is 4. The van der Waals surface area contributed by atoms with Gasteiger partial charge in [-0.1, -0.05) is 45.2 Å². The molecule has 2 aromatic carbocycles. The molecule has 2 aromatic rings. The number of ether oxygens (including phenoxy) is 2. The molecule has 0 spiro atoms. The largest absolute Gasteiger partial charge is 0.493 e. The van der Waals surface area contributed by atoms with E-state index in [1.54, 1.807) is 24.3 Å². The number of halogens is 2. The number of carbonyl (C=O) groups excluding carboxylic acids is 2. The second kappa shape index (κ2) is 11.1. The molecule has 0 aromatic heterocycles. The highest BCUT2D eigenvalue weighted by atomic mass is 79.9. The molecule has 0 saturated carbocycles. The van der Waals surface area contributed by atoms with Crippen molar-refractivity contribution in [2.24, 2.45) is 0 Å². The molecule has 2 N–H and O–H groups in total. The fourth-order valence-electron chi connectivity index (χ4n) is 2.22. The maximum atomic E-state index is 12.4. The van der Waals surface area contributed by atoms with Crippen LogP contribution in [0.25, 0.3) is 0 Å². The Labute approximate surface area is 181 Å². The Bertz CT molecular complexity index is 843. The van der Waals surface area contributed by atoms with Crippen molar-refractivity contribution >= 4 is 43.7 Å².